The number of hydrogen-bond donors (Lipinski definition) is 1. The molecule has 2 nitrogen and oxygen atoms in total. The lowest BCUT2D eigenvalue weighted by Crippen LogP contribution is -2.18. The van der Waals surface area contributed by atoms with E-state index in [4.69, 9.17) is 5.11 Å². The molecule has 0 spiro atoms. The zero-order valence-corrected chi connectivity index (χ0v) is 6.84. The van der Waals surface area contributed by atoms with Gasteiger partial charge in [-0.1, -0.05) is 11.8 Å². The Bertz CT molecular complexity index is 151. The Balaban J connectivity index is 2.06. The van der Waals surface area contributed by atoms with Crippen LogP contribution < -0.4 is 0 Å². The summed E-state index contributed by atoms with van der Waals surface area (Å²) < 4.78 is 0. The lowest BCUT2D eigenvalue weighted by Gasteiger charge is -2.08. The first kappa shape index (κ1) is 8.58. The summed E-state index contributed by atoms with van der Waals surface area (Å²) in [5.74, 6) is 5.96. The minimum absolute atomic E-state index is 0.188. The van der Waals surface area contributed by atoms with Crippen molar-refractivity contribution in [2.45, 2.75) is 19.3 Å². The maximum atomic E-state index is 8.44. The van der Waals surface area contributed by atoms with Crippen molar-refractivity contribution >= 4 is 0 Å². The molecule has 1 aliphatic heterocycles. The molecule has 1 fully saturated rings. The monoisotopic (exact) mass is 153 g/mol. The van der Waals surface area contributed by atoms with E-state index in [1.807, 2.05) is 0 Å². The summed E-state index contributed by atoms with van der Waals surface area (Å²) in [4.78, 5) is 2.35. The first-order chi connectivity index (χ1) is 5.43. The second kappa shape index (κ2) is 5.17. The summed E-state index contributed by atoms with van der Waals surface area (Å²) in [7, 11) is 0. The van der Waals surface area contributed by atoms with Gasteiger partial charge in [-0.15, -0.1) is 0 Å². The molecule has 1 rings (SSSR count). The minimum Gasteiger partial charge on any atom is -0.395 e. The van der Waals surface area contributed by atoms with Crippen LogP contribution in [0.25, 0.3) is 0 Å². The van der Waals surface area contributed by atoms with Crippen LogP contribution in [0, 0.1) is 11.8 Å². The van der Waals surface area contributed by atoms with E-state index in [1.165, 1.54) is 25.9 Å². The molecule has 1 saturated heterocycles. The minimum atomic E-state index is 0.188. The van der Waals surface area contributed by atoms with Gasteiger partial charge < -0.3 is 5.11 Å². The highest BCUT2D eigenvalue weighted by molar-refractivity contribution is 5.01. The van der Waals surface area contributed by atoms with Gasteiger partial charge in [0.25, 0.3) is 0 Å². The third kappa shape index (κ3) is 3.41. The third-order valence-corrected chi connectivity index (χ3v) is 1.86. The second-order valence-corrected chi connectivity index (χ2v) is 2.81. The molecule has 0 bridgehead atoms. The Kier molecular flexibility index (Phi) is 4.03. The molecule has 0 radical (unpaired) electrons. The highest BCUT2D eigenvalue weighted by atomic mass is 16.2. The smallest absolute Gasteiger partial charge is 0.0601 e. The first-order valence-corrected chi connectivity index (χ1v) is 4.22. The summed E-state index contributed by atoms with van der Waals surface area (Å²) in [6.07, 6.45) is 3.26. The fourth-order valence-corrected chi connectivity index (χ4v) is 1.25. The van der Waals surface area contributed by atoms with Crippen molar-refractivity contribution in [3.8, 4) is 11.8 Å². The van der Waals surface area contributed by atoms with Crippen LogP contribution in [0.15, 0.2) is 0 Å². The molecule has 0 aliphatic carbocycles. The molecular formula is C9H15NO. The SMILES string of the molecule is OCCC#CCN1CCCC1. The van der Waals surface area contributed by atoms with Gasteiger partial charge in [-0.2, -0.15) is 0 Å². The van der Waals surface area contributed by atoms with Gasteiger partial charge in [-0.05, 0) is 25.9 Å². The van der Waals surface area contributed by atoms with Gasteiger partial charge in [-0.25, -0.2) is 0 Å². The normalized spacial score (nSPS) is 17.9. The Labute approximate surface area is 68.2 Å². The van der Waals surface area contributed by atoms with Gasteiger partial charge in [-0.3, -0.25) is 4.90 Å². The molecule has 0 aromatic carbocycles. The van der Waals surface area contributed by atoms with Crippen LogP contribution in [0.1, 0.15) is 19.3 Å². The number of hydrogen-bond acceptors (Lipinski definition) is 2. The Hall–Kier alpha value is -0.520. The molecule has 0 atom stereocenters. The predicted molar refractivity (Wildman–Crippen MR) is 45.2 cm³/mol. The molecular weight excluding hydrogens is 138 g/mol. The van der Waals surface area contributed by atoms with E-state index >= 15 is 0 Å². The van der Waals surface area contributed by atoms with Crippen molar-refractivity contribution in [2.24, 2.45) is 0 Å². The Morgan fingerprint density at radius 3 is 2.55 bits per heavy atom. The molecule has 11 heavy (non-hydrogen) atoms. The van der Waals surface area contributed by atoms with Crippen LogP contribution in [0.4, 0.5) is 0 Å². The molecule has 0 unspecified atom stereocenters. The second-order valence-electron chi connectivity index (χ2n) is 2.81. The lowest BCUT2D eigenvalue weighted by molar-refractivity contribution is 0.305. The number of aliphatic hydroxyl groups is 1. The molecule has 0 saturated carbocycles. The van der Waals surface area contributed by atoms with E-state index in [0.717, 1.165) is 6.54 Å². The predicted octanol–water partition coefficient (Wildman–Crippen LogP) is 0.468. The van der Waals surface area contributed by atoms with Gasteiger partial charge in [0.05, 0.1) is 13.2 Å². The van der Waals surface area contributed by atoms with Crippen molar-refractivity contribution in [1.82, 2.24) is 4.90 Å². The zero-order valence-electron chi connectivity index (χ0n) is 6.84. The highest BCUT2D eigenvalue weighted by Crippen LogP contribution is 2.05. The van der Waals surface area contributed by atoms with Gasteiger partial charge in [0.1, 0.15) is 0 Å². The van der Waals surface area contributed by atoms with Gasteiger partial charge in [0, 0.05) is 6.42 Å². The average molecular weight is 153 g/mol. The summed E-state index contributed by atoms with van der Waals surface area (Å²) in [5.41, 5.74) is 0. The van der Waals surface area contributed by atoms with Gasteiger partial charge in [0.15, 0.2) is 0 Å². The number of rotatable bonds is 2. The van der Waals surface area contributed by atoms with E-state index in [2.05, 4.69) is 16.7 Å². The lowest BCUT2D eigenvalue weighted by atomic mass is 10.4. The number of likely N-dealkylation sites (tertiary alicyclic amines) is 1. The van der Waals surface area contributed by atoms with Crippen LogP contribution in [-0.2, 0) is 0 Å². The fourth-order valence-electron chi connectivity index (χ4n) is 1.25. The van der Waals surface area contributed by atoms with Crippen molar-refractivity contribution in [3.63, 3.8) is 0 Å². The number of aliphatic hydroxyl groups excluding tert-OH is 1. The topological polar surface area (TPSA) is 23.5 Å². The van der Waals surface area contributed by atoms with Crippen LogP contribution in [0.5, 0.6) is 0 Å². The molecule has 1 aliphatic rings. The van der Waals surface area contributed by atoms with Crippen molar-refractivity contribution < 1.29 is 5.11 Å². The summed E-state index contributed by atoms with van der Waals surface area (Å²) in [5, 5.41) is 8.44. The summed E-state index contributed by atoms with van der Waals surface area (Å²) >= 11 is 0. The third-order valence-electron chi connectivity index (χ3n) is 1.86. The van der Waals surface area contributed by atoms with Crippen LogP contribution >= 0.6 is 0 Å². The highest BCUT2D eigenvalue weighted by Gasteiger charge is 2.08. The maximum Gasteiger partial charge on any atom is 0.0601 e. The molecule has 0 aromatic rings. The van der Waals surface area contributed by atoms with Gasteiger partial charge in [0.2, 0.25) is 0 Å². The van der Waals surface area contributed by atoms with Crippen LogP contribution in [-0.4, -0.2) is 36.2 Å². The van der Waals surface area contributed by atoms with E-state index in [9.17, 15) is 0 Å². The average Bonchev–Trinajstić information content (AvgIpc) is 2.50. The largest absolute Gasteiger partial charge is 0.395 e. The summed E-state index contributed by atoms with van der Waals surface area (Å²) in [6, 6.07) is 0. The zero-order chi connectivity index (χ0) is 7.94. The summed E-state index contributed by atoms with van der Waals surface area (Å²) in [6.45, 7) is 3.48. The van der Waals surface area contributed by atoms with Crippen LogP contribution in [0.2, 0.25) is 0 Å². The van der Waals surface area contributed by atoms with Gasteiger partial charge >= 0.3 is 0 Å². The van der Waals surface area contributed by atoms with Crippen molar-refractivity contribution in [2.75, 3.05) is 26.2 Å². The quantitative estimate of drug-likeness (QED) is 0.583. The molecule has 0 amide bonds. The van der Waals surface area contributed by atoms with E-state index in [0.29, 0.717) is 6.42 Å². The maximum absolute atomic E-state index is 8.44. The Morgan fingerprint density at radius 2 is 1.91 bits per heavy atom. The molecule has 62 valence electrons. The van der Waals surface area contributed by atoms with E-state index in [-0.39, 0.29) is 6.61 Å². The molecule has 2 heteroatoms. The van der Waals surface area contributed by atoms with Crippen LogP contribution in [0.3, 0.4) is 0 Å². The van der Waals surface area contributed by atoms with E-state index < -0.39 is 0 Å². The molecule has 1 heterocycles. The van der Waals surface area contributed by atoms with Crippen molar-refractivity contribution in [3.05, 3.63) is 0 Å². The fraction of sp³-hybridized carbons (Fsp3) is 0.778. The standard InChI is InChI=1S/C9H15NO/c11-9-5-1-2-6-10-7-3-4-8-10/h11H,3-9H2. The molecule has 1 N–H and O–H groups in total. The van der Waals surface area contributed by atoms with E-state index in [1.54, 1.807) is 0 Å². The first-order valence-electron chi connectivity index (χ1n) is 4.22. The Morgan fingerprint density at radius 1 is 1.18 bits per heavy atom. The molecule has 0 aromatic heterocycles. The van der Waals surface area contributed by atoms with Crippen molar-refractivity contribution in [1.29, 1.82) is 0 Å². The number of nitrogens with zero attached hydrogens (tertiary/aromatic N) is 1.